The number of nitrogens with zero attached hydrogens (tertiary/aromatic N) is 4. The molecule has 0 saturated carbocycles. The Kier molecular flexibility index (Phi) is 9.07. The molecule has 0 fully saturated rings. The van der Waals surface area contributed by atoms with Gasteiger partial charge in [-0.3, -0.25) is 0 Å². The molecule has 1 aromatic heterocycles. The molecule has 28 heavy (non-hydrogen) atoms. The summed E-state index contributed by atoms with van der Waals surface area (Å²) in [5.41, 5.74) is -2.09. The summed E-state index contributed by atoms with van der Waals surface area (Å²) in [4.78, 5) is 13.1. The SMILES string of the molecule is CCCCCCCCCCCCn1nnc(C(O)(C(=O)O)c2ccccc2)n1. The van der Waals surface area contributed by atoms with Crippen molar-refractivity contribution in [3.63, 3.8) is 0 Å². The third kappa shape index (κ3) is 6.12. The Hall–Kier alpha value is -2.28. The molecule has 0 amide bonds. The first-order chi connectivity index (χ1) is 13.6. The summed E-state index contributed by atoms with van der Waals surface area (Å²) in [5, 5.41) is 32.1. The summed E-state index contributed by atoms with van der Waals surface area (Å²) in [6.45, 7) is 2.80. The van der Waals surface area contributed by atoms with Gasteiger partial charge in [0.1, 0.15) is 0 Å². The highest BCUT2D eigenvalue weighted by molar-refractivity contribution is 5.82. The van der Waals surface area contributed by atoms with Gasteiger partial charge in [-0.05, 0) is 11.6 Å². The van der Waals surface area contributed by atoms with Crippen molar-refractivity contribution < 1.29 is 15.0 Å². The number of carbonyl (C=O) groups is 1. The smallest absolute Gasteiger partial charge is 0.348 e. The van der Waals surface area contributed by atoms with Crippen LogP contribution >= 0.6 is 0 Å². The van der Waals surface area contributed by atoms with E-state index in [4.69, 9.17) is 0 Å². The second-order valence-corrected chi connectivity index (χ2v) is 7.27. The van der Waals surface area contributed by atoms with Crippen LogP contribution in [0.5, 0.6) is 0 Å². The van der Waals surface area contributed by atoms with Crippen LogP contribution in [-0.4, -0.2) is 36.4 Å². The molecule has 2 N–H and O–H groups in total. The minimum absolute atomic E-state index is 0.209. The molecule has 1 heterocycles. The number of hydrogen-bond donors (Lipinski definition) is 2. The number of aliphatic carboxylic acids is 1. The molecule has 2 rings (SSSR count). The first-order valence-electron chi connectivity index (χ1n) is 10.4. The van der Waals surface area contributed by atoms with E-state index in [2.05, 4.69) is 22.3 Å². The molecule has 2 aromatic rings. The van der Waals surface area contributed by atoms with Crippen LogP contribution in [0.3, 0.4) is 0 Å². The molecule has 7 heteroatoms. The van der Waals surface area contributed by atoms with Crippen molar-refractivity contribution >= 4 is 5.97 Å². The summed E-state index contributed by atoms with van der Waals surface area (Å²) >= 11 is 0. The first kappa shape index (κ1) is 22.0. The van der Waals surface area contributed by atoms with Crippen LogP contribution < -0.4 is 0 Å². The van der Waals surface area contributed by atoms with Crippen LogP contribution in [0.1, 0.15) is 82.5 Å². The largest absolute Gasteiger partial charge is 0.478 e. The Morgan fingerprint density at radius 3 is 2.11 bits per heavy atom. The Balaban J connectivity index is 1.77. The van der Waals surface area contributed by atoms with Crippen molar-refractivity contribution in [3.8, 4) is 0 Å². The summed E-state index contributed by atoms with van der Waals surface area (Å²) in [7, 11) is 0. The van der Waals surface area contributed by atoms with Crippen LogP contribution in [-0.2, 0) is 16.9 Å². The molecule has 0 spiro atoms. The van der Waals surface area contributed by atoms with Gasteiger partial charge in [0, 0.05) is 5.56 Å². The molecule has 0 aliphatic rings. The molecule has 1 atom stereocenters. The van der Waals surface area contributed by atoms with Gasteiger partial charge in [0.2, 0.25) is 5.82 Å². The molecule has 0 aliphatic heterocycles. The zero-order valence-electron chi connectivity index (χ0n) is 16.8. The van der Waals surface area contributed by atoms with E-state index in [1.165, 1.54) is 68.3 Å². The first-order valence-corrected chi connectivity index (χ1v) is 10.4. The number of carboxylic acids is 1. The molecular formula is C21H32N4O3. The lowest BCUT2D eigenvalue weighted by Crippen LogP contribution is -2.38. The number of hydrogen-bond acceptors (Lipinski definition) is 5. The fourth-order valence-electron chi connectivity index (χ4n) is 3.25. The lowest BCUT2D eigenvalue weighted by atomic mass is 9.93. The highest BCUT2D eigenvalue weighted by atomic mass is 16.4. The molecular weight excluding hydrogens is 356 g/mol. The minimum atomic E-state index is -2.29. The Bertz CT molecular complexity index is 705. The number of aryl methyl sites for hydroxylation is 1. The zero-order chi connectivity index (χ0) is 20.2. The van der Waals surface area contributed by atoms with Crippen molar-refractivity contribution in [1.82, 2.24) is 20.2 Å². The highest BCUT2D eigenvalue weighted by Gasteiger charge is 2.44. The molecule has 0 bridgehead atoms. The van der Waals surface area contributed by atoms with Crippen LogP contribution in [0.25, 0.3) is 0 Å². The van der Waals surface area contributed by atoms with Gasteiger partial charge in [0.15, 0.2) is 0 Å². The second-order valence-electron chi connectivity index (χ2n) is 7.27. The number of benzene rings is 1. The van der Waals surface area contributed by atoms with Gasteiger partial charge in [0.05, 0.1) is 6.54 Å². The summed E-state index contributed by atoms with van der Waals surface area (Å²) < 4.78 is 0. The molecule has 0 radical (unpaired) electrons. The van der Waals surface area contributed by atoms with Crippen molar-refractivity contribution in [2.45, 2.75) is 83.3 Å². The summed E-state index contributed by atoms with van der Waals surface area (Å²) in [6.07, 6.45) is 12.3. The van der Waals surface area contributed by atoms with E-state index in [1.807, 2.05) is 0 Å². The Labute approximate surface area is 166 Å². The van der Waals surface area contributed by atoms with Crippen molar-refractivity contribution in [3.05, 3.63) is 41.7 Å². The number of rotatable bonds is 14. The van der Waals surface area contributed by atoms with Crippen LogP contribution in [0.2, 0.25) is 0 Å². The van der Waals surface area contributed by atoms with Gasteiger partial charge >= 0.3 is 5.97 Å². The predicted octanol–water partition coefficient (Wildman–Crippen LogP) is 3.91. The monoisotopic (exact) mass is 388 g/mol. The van der Waals surface area contributed by atoms with Crippen LogP contribution in [0, 0.1) is 0 Å². The van der Waals surface area contributed by atoms with Gasteiger partial charge < -0.3 is 10.2 Å². The maximum absolute atomic E-state index is 11.7. The van der Waals surface area contributed by atoms with Crippen LogP contribution in [0.15, 0.2) is 30.3 Å². The second kappa shape index (κ2) is 11.5. The van der Waals surface area contributed by atoms with E-state index < -0.39 is 11.6 Å². The molecule has 0 saturated heterocycles. The van der Waals surface area contributed by atoms with Gasteiger partial charge in [-0.2, -0.15) is 4.80 Å². The number of unbranched alkanes of at least 4 members (excludes halogenated alkanes) is 9. The number of carboxylic acid groups (broad SMARTS) is 1. The van der Waals surface area contributed by atoms with Gasteiger partial charge in [-0.15, -0.1) is 10.2 Å². The lowest BCUT2D eigenvalue weighted by molar-refractivity contribution is -0.155. The number of tetrazole rings is 1. The number of aliphatic hydroxyl groups is 1. The van der Waals surface area contributed by atoms with E-state index in [9.17, 15) is 15.0 Å². The van der Waals surface area contributed by atoms with Crippen LogP contribution in [0.4, 0.5) is 0 Å². The van der Waals surface area contributed by atoms with Gasteiger partial charge in [-0.1, -0.05) is 95.0 Å². The fourth-order valence-corrected chi connectivity index (χ4v) is 3.25. The van der Waals surface area contributed by atoms with Gasteiger partial charge in [0.25, 0.3) is 5.60 Å². The third-order valence-electron chi connectivity index (χ3n) is 4.99. The molecule has 1 unspecified atom stereocenters. The standard InChI is InChI=1S/C21H32N4O3/c1-2-3-4-5-6-7-8-9-10-14-17-25-23-19(22-24-25)21(28,20(26)27)18-15-12-11-13-16-18/h11-13,15-16,28H,2-10,14,17H2,1H3,(H,26,27). The van der Waals surface area contributed by atoms with Crippen molar-refractivity contribution in [2.75, 3.05) is 0 Å². The van der Waals surface area contributed by atoms with E-state index in [-0.39, 0.29) is 11.4 Å². The van der Waals surface area contributed by atoms with E-state index in [0.29, 0.717) is 6.54 Å². The molecule has 154 valence electrons. The predicted molar refractivity (Wildman–Crippen MR) is 107 cm³/mol. The average molecular weight is 389 g/mol. The maximum Gasteiger partial charge on any atom is 0.348 e. The van der Waals surface area contributed by atoms with Crippen molar-refractivity contribution in [2.24, 2.45) is 0 Å². The van der Waals surface area contributed by atoms with Gasteiger partial charge in [-0.25, -0.2) is 4.79 Å². The quantitative estimate of drug-likeness (QED) is 0.476. The summed E-state index contributed by atoms with van der Waals surface area (Å²) in [6, 6.07) is 8.16. The third-order valence-corrected chi connectivity index (χ3v) is 4.99. The molecule has 1 aromatic carbocycles. The van der Waals surface area contributed by atoms with E-state index >= 15 is 0 Å². The summed E-state index contributed by atoms with van der Waals surface area (Å²) in [5.74, 6) is -1.63. The Morgan fingerprint density at radius 1 is 0.964 bits per heavy atom. The average Bonchev–Trinajstić information content (AvgIpc) is 3.18. The van der Waals surface area contributed by atoms with E-state index in [1.54, 1.807) is 18.2 Å². The number of aromatic nitrogens is 4. The highest BCUT2D eigenvalue weighted by Crippen LogP contribution is 2.26. The molecule has 7 nitrogen and oxygen atoms in total. The lowest BCUT2D eigenvalue weighted by Gasteiger charge is -2.19. The minimum Gasteiger partial charge on any atom is -0.478 e. The van der Waals surface area contributed by atoms with E-state index in [0.717, 1.165) is 12.8 Å². The maximum atomic E-state index is 11.7. The molecule has 0 aliphatic carbocycles. The fraction of sp³-hybridized carbons (Fsp3) is 0.619. The zero-order valence-corrected chi connectivity index (χ0v) is 16.8. The van der Waals surface area contributed by atoms with Crippen molar-refractivity contribution in [1.29, 1.82) is 0 Å². The Morgan fingerprint density at radius 2 is 1.54 bits per heavy atom. The topological polar surface area (TPSA) is 101 Å². The normalized spacial score (nSPS) is 13.4.